The van der Waals surface area contributed by atoms with Gasteiger partial charge in [0.25, 0.3) is 0 Å². The molecule has 0 bridgehead atoms. The highest BCUT2D eigenvalue weighted by Crippen LogP contribution is 2.22. The van der Waals surface area contributed by atoms with E-state index < -0.39 is 6.29 Å². The Balaban J connectivity index is 4.39. The minimum Gasteiger partial charge on any atom is -0.425 e. The molecule has 4 heteroatoms. The van der Waals surface area contributed by atoms with Gasteiger partial charge in [-0.15, -0.1) is 0 Å². The molecule has 250 valence electrons. The summed E-state index contributed by atoms with van der Waals surface area (Å²) in [4.78, 5) is 25.8. The molecule has 0 aromatic rings. The first kappa shape index (κ1) is 40.9. The average Bonchev–Trinajstić information content (AvgIpc) is 2.98. The van der Waals surface area contributed by atoms with Crippen LogP contribution in [0.5, 0.6) is 0 Å². The number of rotatable bonds is 33. The Morgan fingerprint density at radius 1 is 0.405 bits per heavy atom. The van der Waals surface area contributed by atoms with Gasteiger partial charge in [0.1, 0.15) is 0 Å². The van der Waals surface area contributed by atoms with E-state index in [0.717, 1.165) is 64.2 Å². The van der Waals surface area contributed by atoms with E-state index in [4.69, 9.17) is 9.47 Å². The standard InChI is InChI=1S/C38H74O4/c1-5-9-13-15-17-19-21-23-25-27-30-33-36(39)41-37(34-28-11-7-3)42-38(40)35(31-12-8-4)32-29-26-24-22-20-18-16-14-10-6-2/h35,37H,5-34H2,1-4H3. The first-order valence-electron chi connectivity index (χ1n) is 19.0. The van der Waals surface area contributed by atoms with Gasteiger partial charge in [-0.2, -0.15) is 0 Å². The van der Waals surface area contributed by atoms with Gasteiger partial charge in [0.2, 0.25) is 6.29 Å². The van der Waals surface area contributed by atoms with Crippen LogP contribution in [-0.2, 0) is 19.1 Å². The highest BCUT2D eigenvalue weighted by Gasteiger charge is 2.25. The van der Waals surface area contributed by atoms with Gasteiger partial charge >= 0.3 is 11.9 Å². The van der Waals surface area contributed by atoms with E-state index in [1.165, 1.54) is 116 Å². The molecule has 0 fully saturated rings. The predicted octanol–water partition coefficient (Wildman–Crippen LogP) is 12.8. The summed E-state index contributed by atoms with van der Waals surface area (Å²) in [6, 6.07) is 0. The number of carbonyl (C=O) groups is 2. The third-order valence-corrected chi connectivity index (χ3v) is 8.68. The molecular formula is C38H74O4. The van der Waals surface area contributed by atoms with Gasteiger partial charge in [-0.1, -0.05) is 182 Å². The Kier molecular flexibility index (Phi) is 32.0. The summed E-state index contributed by atoms with van der Waals surface area (Å²) in [5.41, 5.74) is 0. The molecule has 4 nitrogen and oxygen atoms in total. The number of hydrogen-bond acceptors (Lipinski definition) is 4. The van der Waals surface area contributed by atoms with Crippen LogP contribution in [0.1, 0.15) is 220 Å². The number of carbonyl (C=O) groups excluding carboxylic acids is 2. The van der Waals surface area contributed by atoms with E-state index in [1.54, 1.807) is 0 Å². The summed E-state index contributed by atoms with van der Waals surface area (Å²) in [7, 11) is 0. The molecule has 0 saturated heterocycles. The van der Waals surface area contributed by atoms with Gasteiger partial charge < -0.3 is 9.47 Å². The Hall–Kier alpha value is -1.06. The predicted molar refractivity (Wildman–Crippen MR) is 181 cm³/mol. The highest BCUT2D eigenvalue weighted by atomic mass is 16.7. The van der Waals surface area contributed by atoms with Crippen LogP contribution in [0.4, 0.5) is 0 Å². The average molecular weight is 595 g/mol. The zero-order valence-corrected chi connectivity index (χ0v) is 29.0. The third-order valence-electron chi connectivity index (χ3n) is 8.68. The van der Waals surface area contributed by atoms with Gasteiger partial charge in [-0.05, 0) is 25.7 Å². The van der Waals surface area contributed by atoms with E-state index in [2.05, 4.69) is 27.7 Å². The molecule has 0 rings (SSSR count). The zero-order valence-electron chi connectivity index (χ0n) is 29.0. The fraction of sp³-hybridized carbons (Fsp3) is 0.947. The largest absolute Gasteiger partial charge is 0.425 e. The second-order valence-electron chi connectivity index (χ2n) is 12.9. The first-order chi connectivity index (χ1) is 20.6. The van der Waals surface area contributed by atoms with E-state index in [0.29, 0.717) is 12.8 Å². The van der Waals surface area contributed by atoms with Gasteiger partial charge in [0, 0.05) is 12.8 Å². The van der Waals surface area contributed by atoms with Crippen LogP contribution in [-0.4, -0.2) is 18.2 Å². The van der Waals surface area contributed by atoms with Crippen LogP contribution in [0, 0.1) is 5.92 Å². The molecule has 42 heavy (non-hydrogen) atoms. The summed E-state index contributed by atoms with van der Waals surface area (Å²) >= 11 is 0. The van der Waals surface area contributed by atoms with Crippen LogP contribution in [0.2, 0.25) is 0 Å². The molecule has 0 aliphatic heterocycles. The van der Waals surface area contributed by atoms with E-state index in [1.807, 2.05) is 0 Å². The van der Waals surface area contributed by atoms with Crippen LogP contribution >= 0.6 is 0 Å². The summed E-state index contributed by atoms with van der Waals surface area (Å²) in [6.45, 7) is 8.86. The van der Waals surface area contributed by atoms with E-state index in [-0.39, 0.29) is 17.9 Å². The molecule has 0 spiro atoms. The molecular weight excluding hydrogens is 520 g/mol. The number of ether oxygens (including phenoxy) is 2. The monoisotopic (exact) mass is 595 g/mol. The highest BCUT2D eigenvalue weighted by molar-refractivity contribution is 5.73. The fourth-order valence-electron chi connectivity index (χ4n) is 5.78. The van der Waals surface area contributed by atoms with Crippen molar-refractivity contribution in [3.05, 3.63) is 0 Å². The Morgan fingerprint density at radius 2 is 0.762 bits per heavy atom. The second kappa shape index (κ2) is 32.8. The van der Waals surface area contributed by atoms with Crippen LogP contribution in [0.15, 0.2) is 0 Å². The summed E-state index contributed by atoms with van der Waals surface area (Å²) in [5, 5.41) is 0. The smallest absolute Gasteiger partial charge is 0.312 e. The lowest BCUT2D eigenvalue weighted by molar-refractivity contribution is -0.192. The molecule has 2 atom stereocenters. The molecule has 0 aliphatic carbocycles. The minimum absolute atomic E-state index is 0.0713. The summed E-state index contributed by atoms with van der Waals surface area (Å²) in [6.07, 6.45) is 34.1. The first-order valence-corrected chi connectivity index (χ1v) is 19.0. The van der Waals surface area contributed by atoms with Crippen molar-refractivity contribution >= 4 is 11.9 Å². The molecule has 0 saturated carbocycles. The van der Waals surface area contributed by atoms with Gasteiger partial charge in [0.15, 0.2) is 0 Å². The maximum Gasteiger partial charge on any atom is 0.312 e. The minimum atomic E-state index is -0.721. The van der Waals surface area contributed by atoms with E-state index >= 15 is 0 Å². The molecule has 0 aliphatic rings. The number of unbranched alkanes of at least 4 members (excludes halogenated alkanes) is 22. The van der Waals surface area contributed by atoms with Crippen molar-refractivity contribution in [3.8, 4) is 0 Å². The summed E-state index contributed by atoms with van der Waals surface area (Å²) in [5.74, 6) is -0.429. The van der Waals surface area contributed by atoms with Crippen molar-refractivity contribution in [1.82, 2.24) is 0 Å². The van der Waals surface area contributed by atoms with Crippen molar-refractivity contribution in [2.45, 2.75) is 227 Å². The quantitative estimate of drug-likeness (QED) is 0.0431. The van der Waals surface area contributed by atoms with Crippen LogP contribution in [0.3, 0.4) is 0 Å². The van der Waals surface area contributed by atoms with Crippen molar-refractivity contribution in [2.24, 2.45) is 5.92 Å². The Morgan fingerprint density at radius 3 is 1.24 bits per heavy atom. The zero-order chi connectivity index (χ0) is 30.9. The molecule has 0 aromatic carbocycles. The SMILES string of the molecule is CCCCCCCCCCCCCC(=O)OC(CCCCC)OC(=O)C(CCCC)CCCCCCCCCCCC. The lowest BCUT2D eigenvalue weighted by atomic mass is 9.95. The molecule has 2 unspecified atom stereocenters. The topological polar surface area (TPSA) is 52.6 Å². The number of esters is 2. The van der Waals surface area contributed by atoms with Gasteiger partial charge in [-0.25, -0.2) is 0 Å². The van der Waals surface area contributed by atoms with Crippen molar-refractivity contribution in [1.29, 1.82) is 0 Å². The molecule has 0 amide bonds. The Labute approximate surface area is 263 Å². The van der Waals surface area contributed by atoms with Crippen molar-refractivity contribution < 1.29 is 19.1 Å². The number of hydrogen-bond donors (Lipinski definition) is 0. The maximum atomic E-state index is 13.2. The molecule has 0 N–H and O–H groups in total. The molecule has 0 aromatic heterocycles. The van der Waals surface area contributed by atoms with Crippen LogP contribution < -0.4 is 0 Å². The van der Waals surface area contributed by atoms with Crippen molar-refractivity contribution in [2.75, 3.05) is 0 Å². The van der Waals surface area contributed by atoms with E-state index in [9.17, 15) is 9.59 Å². The summed E-state index contributed by atoms with van der Waals surface area (Å²) < 4.78 is 11.6. The maximum absolute atomic E-state index is 13.2. The normalized spacial score (nSPS) is 12.8. The molecule has 0 radical (unpaired) electrons. The lowest BCUT2D eigenvalue weighted by Gasteiger charge is -2.22. The lowest BCUT2D eigenvalue weighted by Crippen LogP contribution is -2.28. The molecule has 0 heterocycles. The van der Waals surface area contributed by atoms with Gasteiger partial charge in [-0.3, -0.25) is 9.59 Å². The van der Waals surface area contributed by atoms with Gasteiger partial charge in [0.05, 0.1) is 5.92 Å². The van der Waals surface area contributed by atoms with Crippen LogP contribution in [0.25, 0.3) is 0 Å². The Bertz CT molecular complexity index is 575. The third kappa shape index (κ3) is 27.8. The van der Waals surface area contributed by atoms with Crippen molar-refractivity contribution in [3.63, 3.8) is 0 Å². The second-order valence-corrected chi connectivity index (χ2v) is 12.9. The fourth-order valence-corrected chi connectivity index (χ4v) is 5.78.